The molecule has 0 saturated heterocycles. The summed E-state index contributed by atoms with van der Waals surface area (Å²) >= 11 is 0. The minimum Gasteiger partial charge on any atom is -0.370 e. The van der Waals surface area contributed by atoms with Crippen LogP contribution in [0.2, 0.25) is 0 Å². The Bertz CT molecular complexity index is 198. The Morgan fingerprint density at radius 1 is 1.31 bits per heavy atom. The van der Waals surface area contributed by atoms with E-state index < -0.39 is 17.4 Å². The summed E-state index contributed by atoms with van der Waals surface area (Å²) in [5, 5.41) is 0. The number of halogens is 1. The Morgan fingerprint density at radius 2 is 1.77 bits per heavy atom. The summed E-state index contributed by atoms with van der Waals surface area (Å²) in [7, 11) is 0. The molecule has 0 bridgehead atoms. The highest BCUT2D eigenvalue weighted by Crippen LogP contribution is 2.12. The number of nitrogens with two attached hydrogens (primary N) is 3. The molecule has 0 aliphatic rings. The quantitative estimate of drug-likeness (QED) is 0.555. The molecule has 13 heavy (non-hydrogen) atoms. The van der Waals surface area contributed by atoms with Crippen LogP contribution in [-0.2, 0) is 9.59 Å². The normalized spacial score (nSPS) is 14.0. The molecule has 0 aliphatic carbocycles. The summed E-state index contributed by atoms with van der Waals surface area (Å²) in [6.07, 6.45) is 0.719. The van der Waals surface area contributed by atoms with E-state index in [0.29, 0.717) is 6.42 Å². The molecule has 0 heterocycles. The van der Waals surface area contributed by atoms with Crippen molar-refractivity contribution in [1.29, 1.82) is 0 Å². The van der Waals surface area contributed by atoms with E-state index in [1.54, 1.807) is 6.92 Å². The maximum atomic E-state index is 10.8. The van der Waals surface area contributed by atoms with E-state index in [2.05, 4.69) is 0 Å². The van der Waals surface area contributed by atoms with Gasteiger partial charge in [-0.25, -0.2) is 0 Å². The average Bonchev–Trinajstić information content (AvgIpc) is 1.99. The van der Waals surface area contributed by atoms with E-state index >= 15 is 0 Å². The van der Waals surface area contributed by atoms with Crippen LogP contribution in [0.5, 0.6) is 0 Å². The first-order valence-corrected chi connectivity index (χ1v) is 3.79. The SMILES string of the molecule is CCC(N)(CCC(N)=O)C(N)=O.Cl. The van der Waals surface area contributed by atoms with Gasteiger partial charge in [-0.2, -0.15) is 0 Å². The van der Waals surface area contributed by atoms with Gasteiger partial charge in [0.2, 0.25) is 11.8 Å². The van der Waals surface area contributed by atoms with Crippen LogP contribution in [0.4, 0.5) is 0 Å². The van der Waals surface area contributed by atoms with Gasteiger partial charge in [0.05, 0.1) is 5.54 Å². The lowest BCUT2D eigenvalue weighted by Crippen LogP contribution is -2.51. The maximum absolute atomic E-state index is 10.8. The van der Waals surface area contributed by atoms with Gasteiger partial charge in [0, 0.05) is 6.42 Å². The molecular formula is C7H16ClN3O2. The molecule has 1 unspecified atom stereocenters. The van der Waals surface area contributed by atoms with Crippen LogP contribution in [0, 0.1) is 0 Å². The van der Waals surface area contributed by atoms with Crippen LogP contribution in [0.3, 0.4) is 0 Å². The Hall–Kier alpha value is -0.810. The lowest BCUT2D eigenvalue weighted by molar-refractivity contribution is -0.124. The average molecular weight is 210 g/mol. The summed E-state index contributed by atoms with van der Waals surface area (Å²) in [6, 6.07) is 0. The molecule has 0 aromatic carbocycles. The summed E-state index contributed by atoms with van der Waals surface area (Å²) in [4.78, 5) is 21.2. The summed E-state index contributed by atoms with van der Waals surface area (Å²) < 4.78 is 0. The highest BCUT2D eigenvalue weighted by molar-refractivity contribution is 5.85. The monoisotopic (exact) mass is 209 g/mol. The van der Waals surface area contributed by atoms with Crippen molar-refractivity contribution in [2.24, 2.45) is 17.2 Å². The van der Waals surface area contributed by atoms with E-state index in [1.165, 1.54) is 0 Å². The third-order valence-electron chi connectivity index (χ3n) is 1.94. The molecule has 0 aromatic heterocycles. The van der Waals surface area contributed by atoms with Gasteiger partial charge in [-0.15, -0.1) is 12.4 Å². The third kappa shape index (κ3) is 4.69. The standard InChI is InChI=1S/C7H15N3O2.ClH/c1-2-7(10,6(9)12)4-3-5(8)11;/h2-4,10H2,1H3,(H2,8,11)(H2,9,12);1H. The van der Waals surface area contributed by atoms with Crippen LogP contribution in [0.15, 0.2) is 0 Å². The largest absolute Gasteiger partial charge is 0.370 e. The van der Waals surface area contributed by atoms with Crippen LogP contribution in [0.1, 0.15) is 26.2 Å². The lowest BCUT2D eigenvalue weighted by atomic mass is 9.91. The number of hydrogen-bond acceptors (Lipinski definition) is 3. The highest BCUT2D eigenvalue weighted by Gasteiger charge is 2.29. The molecule has 6 N–H and O–H groups in total. The number of amides is 2. The minimum atomic E-state index is -1.09. The summed E-state index contributed by atoms with van der Waals surface area (Å²) in [5.74, 6) is -1.06. The van der Waals surface area contributed by atoms with E-state index in [0.717, 1.165) is 0 Å². The molecular weight excluding hydrogens is 194 g/mol. The van der Waals surface area contributed by atoms with Gasteiger partial charge in [-0.1, -0.05) is 6.92 Å². The van der Waals surface area contributed by atoms with Crippen molar-refractivity contribution in [3.8, 4) is 0 Å². The number of carbonyl (C=O) groups excluding carboxylic acids is 2. The highest BCUT2D eigenvalue weighted by atomic mass is 35.5. The maximum Gasteiger partial charge on any atom is 0.237 e. The van der Waals surface area contributed by atoms with E-state index in [9.17, 15) is 9.59 Å². The lowest BCUT2D eigenvalue weighted by Gasteiger charge is -2.23. The minimum absolute atomic E-state index is 0. The van der Waals surface area contributed by atoms with Crippen LogP contribution in [0.25, 0.3) is 0 Å². The molecule has 0 fully saturated rings. The van der Waals surface area contributed by atoms with Crippen LogP contribution >= 0.6 is 12.4 Å². The fourth-order valence-electron chi connectivity index (χ4n) is 0.820. The number of carbonyl (C=O) groups is 2. The number of hydrogen-bond donors (Lipinski definition) is 3. The van der Waals surface area contributed by atoms with Gasteiger partial charge in [0.25, 0.3) is 0 Å². The number of rotatable bonds is 5. The fraction of sp³-hybridized carbons (Fsp3) is 0.714. The third-order valence-corrected chi connectivity index (χ3v) is 1.94. The van der Waals surface area contributed by atoms with Crippen molar-refractivity contribution in [3.05, 3.63) is 0 Å². The number of primary amides is 2. The zero-order chi connectivity index (χ0) is 9.78. The van der Waals surface area contributed by atoms with Gasteiger partial charge in [0.1, 0.15) is 0 Å². The Kier molecular flexibility index (Phi) is 6.53. The molecule has 0 saturated carbocycles. The zero-order valence-corrected chi connectivity index (χ0v) is 8.39. The van der Waals surface area contributed by atoms with E-state index in [4.69, 9.17) is 17.2 Å². The molecule has 0 rings (SSSR count). The molecule has 0 radical (unpaired) electrons. The van der Waals surface area contributed by atoms with Crippen molar-refractivity contribution in [3.63, 3.8) is 0 Å². The second-order valence-electron chi connectivity index (χ2n) is 2.84. The van der Waals surface area contributed by atoms with Crippen molar-refractivity contribution in [1.82, 2.24) is 0 Å². The van der Waals surface area contributed by atoms with Crippen molar-refractivity contribution < 1.29 is 9.59 Å². The predicted molar refractivity (Wildman–Crippen MR) is 52.1 cm³/mol. The molecule has 0 aromatic rings. The van der Waals surface area contributed by atoms with Gasteiger partial charge in [0.15, 0.2) is 0 Å². The molecule has 2 amide bonds. The molecule has 0 spiro atoms. The van der Waals surface area contributed by atoms with E-state index in [-0.39, 0.29) is 25.2 Å². The molecule has 1 atom stereocenters. The van der Waals surface area contributed by atoms with Gasteiger partial charge in [-0.3, -0.25) is 9.59 Å². The Balaban J connectivity index is 0. The zero-order valence-electron chi connectivity index (χ0n) is 7.58. The van der Waals surface area contributed by atoms with Crippen LogP contribution in [-0.4, -0.2) is 17.4 Å². The second kappa shape index (κ2) is 5.77. The first-order chi connectivity index (χ1) is 5.42. The van der Waals surface area contributed by atoms with Gasteiger partial charge < -0.3 is 17.2 Å². The Morgan fingerprint density at radius 3 is 2.00 bits per heavy atom. The first-order valence-electron chi connectivity index (χ1n) is 3.79. The van der Waals surface area contributed by atoms with Crippen LogP contribution < -0.4 is 17.2 Å². The van der Waals surface area contributed by atoms with Crippen molar-refractivity contribution >= 4 is 24.2 Å². The van der Waals surface area contributed by atoms with Gasteiger partial charge in [-0.05, 0) is 12.8 Å². The molecule has 6 heteroatoms. The first kappa shape index (κ1) is 14.7. The van der Waals surface area contributed by atoms with E-state index in [1.807, 2.05) is 0 Å². The van der Waals surface area contributed by atoms with Gasteiger partial charge >= 0.3 is 0 Å². The summed E-state index contributed by atoms with van der Waals surface area (Å²) in [5.41, 5.74) is 14.5. The predicted octanol–water partition coefficient (Wildman–Crippen LogP) is -0.733. The molecule has 78 valence electrons. The molecule has 5 nitrogen and oxygen atoms in total. The second-order valence-corrected chi connectivity index (χ2v) is 2.84. The summed E-state index contributed by atoms with van der Waals surface area (Å²) in [6.45, 7) is 1.74. The fourth-order valence-corrected chi connectivity index (χ4v) is 0.820. The smallest absolute Gasteiger partial charge is 0.237 e. The Labute approximate surface area is 83.4 Å². The van der Waals surface area contributed by atoms with Crippen molar-refractivity contribution in [2.45, 2.75) is 31.7 Å². The molecule has 0 aliphatic heterocycles. The topological polar surface area (TPSA) is 112 Å². The van der Waals surface area contributed by atoms with Crippen molar-refractivity contribution in [2.75, 3.05) is 0 Å².